The number of nitrogens with two attached hydrogens (primary N) is 1. The second-order valence-corrected chi connectivity index (χ2v) is 7.93. The van der Waals surface area contributed by atoms with Gasteiger partial charge >= 0.3 is 0 Å². The molecule has 116 valence electrons. The van der Waals surface area contributed by atoms with Crippen molar-refractivity contribution in [1.29, 1.82) is 0 Å². The predicted molar refractivity (Wildman–Crippen MR) is 90.3 cm³/mol. The van der Waals surface area contributed by atoms with Gasteiger partial charge in [0, 0.05) is 18.0 Å². The maximum atomic E-state index is 12.3. The van der Waals surface area contributed by atoms with Gasteiger partial charge in [0.25, 0.3) is 0 Å². The molecule has 1 aromatic heterocycles. The van der Waals surface area contributed by atoms with Crippen molar-refractivity contribution in [3.8, 4) is 0 Å². The summed E-state index contributed by atoms with van der Waals surface area (Å²) in [7, 11) is 0. The van der Waals surface area contributed by atoms with Crippen LogP contribution in [0.2, 0.25) is 0 Å². The number of thiophene rings is 1. The zero-order valence-corrected chi connectivity index (χ0v) is 13.9. The van der Waals surface area contributed by atoms with E-state index in [1.54, 1.807) is 11.3 Å². The number of nitrogens with one attached hydrogen (secondary N) is 1. The smallest absolute Gasteiger partial charge is 0.177 e. The van der Waals surface area contributed by atoms with Crippen molar-refractivity contribution in [3.63, 3.8) is 0 Å². The predicted octanol–water partition coefficient (Wildman–Crippen LogP) is 4.65. The van der Waals surface area contributed by atoms with E-state index in [9.17, 15) is 4.79 Å². The molecule has 0 bridgehead atoms. The Bertz CT molecular complexity index is 525. The second kappa shape index (κ2) is 5.99. The molecule has 2 aliphatic rings. The molecule has 21 heavy (non-hydrogen) atoms. The van der Waals surface area contributed by atoms with Gasteiger partial charge in [0.2, 0.25) is 0 Å². The van der Waals surface area contributed by atoms with E-state index in [1.807, 2.05) is 13.8 Å². The van der Waals surface area contributed by atoms with Gasteiger partial charge in [-0.05, 0) is 37.5 Å². The van der Waals surface area contributed by atoms with Gasteiger partial charge in [-0.3, -0.25) is 4.79 Å². The SMILES string of the molecule is CC(C)C(=O)c1sc(NCC2CCCC2)c(C2CC2)c1N. The van der Waals surface area contributed by atoms with Gasteiger partial charge < -0.3 is 11.1 Å². The number of anilines is 2. The molecule has 2 saturated carbocycles. The van der Waals surface area contributed by atoms with Gasteiger partial charge in [0.15, 0.2) is 5.78 Å². The average molecular weight is 306 g/mol. The zero-order chi connectivity index (χ0) is 15.0. The zero-order valence-electron chi connectivity index (χ0n) is 13.1. The third kappa shape index (κ3) is 3.10. The van der Waals surface area contributed by atoms with Crippen LogP contribution in [0.1, 0.15) is 73.5 Å². The van der Waals surface area contributed by atoms with Gasteiger partial charge in [-0.15, -0.1) is 11.3 Å². The third-order valence-corrected chi connectivity index (χ3v) is 5.94. The summed E-state index contributed by atoms with van der Waals surface area (Å²) in [4.78, 5) is 13.1. The van der Waals surface area contributed by atoms with Crippen LogP contribution in [0.3, 0.4) is 0 Å². The summed E-state index contributed by atoms with van der Waals surface area (Å²) in [6.07, 6.45) is 7.84. The molecule has 3 N–H and O–H groups in total. The number of hydrogen-bond acceptors (Lipinski definition) is 4. The molecule has 3 nitrogen and oxygen atoms in total. The van der Waals surface area contributed by atoms with Crippen LogP contribution in [-0.4, -0.2) is 12.3 Å². The number of rotatable bonds is 6. The lowest BCUT2D eigenvalue weighted by molar-refractivity contribution is 0.0944. The van der Waals surface area contributed by atoms with E-state index < -0.39 is 0 Å². The van der Waals surface area contributed by atoms with Crippen LogP contribution in [0.5, 0.6) is 0 Å². The second-order valence-electron chi connectivity index (χ2n) is 6.91. The number of nitrogen functional groups attached to an aromatic ring is 1. The monoisotopic (exact) mass is 306 g/mol. The summed E-state index contributed by atoms with van der Waals surface area (Å²) < 4.78 is 0. The van der Waals surface area contributed by atoms with E-state index in [4.69, 9.17) is 5.73 Å². The first kappa shape index (κ1) is 14.9. The van der Waals surface area contributed by atoms with Gasteiger partial charge in [-0.2, -0.15) is 0 Å². The Kier molecular flexibility index (Phi) is 4.25. The van der Waals surface area contributed by atoms with Crippen LogP contribution in [0.4, 0.5) is 10.7 Å². The first-order chi connectivity index (χ1) is 10.1. The molecule has 0 radical (unpaired) electrons. The number of Topliss-reactive ketones (excluding diaryl/α,β-unsaturated/α-hetero) is 1. The first-order valence-electron chi connectivity index (χ1n) is 8.28. The molecule has 0 aromatic carbocycles. The minimum atomic E-state index is 0.0145. The van der Waals surface area contributed by atoms with Crippen molar-refractivity contribution in [2.45, 2.75) is 58.3 Å². The van der Waals surface area contributed by atoms with Crippen LogP contribution < -0.4 is 11.1 Å². The van der Waals surface area contributed by atoms with E-state index >= 15 is 0 Å². The van der Waals surface area contributed by atoms with Crippen molar-refractivity contribution < 1.29 is 4.79 Å². The van der Waals surface area contributed by atoms with Gasteiger partial charge in [-0.1, -0.05) is 26.7 Å². The Labute approximate surface area is 131 Å². The molecule has 1 heterocycles. The topological polar surface area (TPSA) is 55.1 Å². The van der Waals surface area contributed by atoms with E-state index in [-0.39, 0.29) is 11.7 Å². The Morgan fingerprint density at radius 2 is 1.95 bits per heavy atom. The lowest BCUT2D eigenvalue weighted by Crippen LogP contribution is -2.11. The summed E-state index contributed by atoms with van der Waals surface area (Å²) in [5, 5.41) is 4.79. The van der Waals surface area contributed by atoms with Crippen molar-refractivity contribution in [2.75, 3.05) is 17.6 Å². The van der Waals surface area contributed by atoms with Crippen LogP contribution in [0, 0.1) is 11.8 Å². The highest BCUT2D eigenvalue weighted by molar-refractivity contribution is 7.18. The van der Waals surface area contributed by atoms with Crippen LogP contribution in [0.15, 0.2) is 0 Å². The number of carbonyl (C=O) groups is 1. The molecule has 3 rings (SSSR count). The Morgan fingerprint density at radius 1 is 1.29 bits per heavy atom. The fourth-order valence-electron chi connectivity index (χ4n) is 3.26. The van der Waals surface area contributed by atoms with Crippen LogP contribution >= 0.6 is 11.3 Å². The average Bonchev–Trinajstić information content (AvgIpc) is 3.04. The molecule has 0 atom stereocenters. The van der Waals surface area contributed by atoms with E-state index in [1.165, 1.54) is 49.1 Å². The van der Waals surface area contributed by atoms with Crippen molar-refractivity contribution in [2.24, 2.45) is 11.8 Å². The summed E-state index contributed by atoms with van der Waals surface area (Å²) in [6.45, 7) is 4.93. The lowest BCUT2D eigenvalue weighted by atomic mass is 10.0. The number of ketones is 1. The normalized spacial score (nSPS) is 19.4. The van der Waals surface area contributed by atoms with Gasteiger partial charge in [0.05, 0.1) is 15.6 Å². The van der Waals surface area contributed by atoms with Crippen LogP contribution in [0.25, 0.3) is 0 Å². The maximum absolute atomic E-state index is 12.3. The number of carbonyl (C=O) groups excluding carboxylic acids is 1. The molecule has 0 amide bonds. The minimum absolute atomic E-state index is 0.0145. The summed E-state index contributed by atoms with van der Waals surface area (Å²) in [6, 6.07) is 0. The summed E-state index contributed by atoms with van der Waals surface area (Å²) in [5.41, 5.74) is 8.31. The quantitative estimate of drug-likeness (QED) is 0.752. The Hall–Kier alpha value is -1.03. The van der Waals surface area contributed by atoms with Crippen LogP contribution in [-0.2, 0) is 0 Å². The van der Waals surface area contributed by atoms with Gasteiger partial charge in [-0.25, -0.2) is 0 Å². The van der Waals surface area contributed by atoms with E-state index in [2.05, 4.69) is 5.32 Å². The van der Waals surface area contributed by atoms with Gasteiger partial charge in [0.1, 0.15) is 0 Å². The molecular formula is C17H26N2OS. The minimum Gasteiger partial charge on any atom is -0.397 e. The van der Waals surface area contributed by atoms with E-state index in [0.29, 0.717) is 5.92 Å². The van der Waals surface area contributed by atoms with Crippen molar-refractivity contribution in [1.82, 2.24) is 0 Å². The molecule has 2 aliphatic carbocycles. The van der Waals surface area contributed by atoms with E-state index in [0.717, 1.165) is 23.0 Å². The highest BCUT2D eigenvalue weighted by atomic mass is 32.1. The fraction of sp³-hybridized carbons (Fsp3) is 0.706. The standard InChI is InChI=1S/C17H26N2OS/c1-10(2)15(20)16-14(18)13(12-7-8-12)17(21-16)19-9-11-5-3-4-6-11/h10-12,19H,3-9,18H2,1-2H3. The molecule has 0 saturated heterocycles. The Morgan fingerprint density at radius 3 is 2.52 bits per heavy atom. The van der Waals surface area contributed by atoms with Crippen molar-refractivity contribution >= 4 is 27.8 Å². The largest absolute Gasteiger partial charge is 0.397 e. The Balaban J connectivity index is 1.80. The maximum Gasteiger partial charge on any atom is 0.177 e. The molecule has 4 heteroatoms. The first-order valence-corrected chi connectivity index (χ1v) is 9.09. The molecular weight excluding hydrogens is 280 g/mol. The molecule has 0 aliphatic heterocycles. The number of hydrogen-bond donors (Lipinski definition) is 2. The highest BCUT2D eigenvalue weighted by Crippen LogP contribution is 2.51. The fourth-order valence-corrected chi connectivity index (χ4v) is 4.56. The lowest BCUT2D eigenvalue weighted by Gasteiger charge is -2.12. The van der Waals surface area contributed by atoms with Crippen molar-refractivity contribution in [3.05, 3.63) is 10.4 Å². The molecule has 0 spiro atoms. The third-order valence-electron chi connectivity index (χ3n) is 4.74. The summed E-state index contributed by atoms with van der Waals surface area (Å²) in [5.74, 6) is 1.58. The molecule has 2 fully saturated rings. The highest BCUT2D eigenvalue weighted by Gasteiger charge is 2.33. The summed E-state index contributed by atoms with van der Waals surface area (Å²) >= 11 is 1.59. The molecule has 1 aromatic rings. The molecule has 0 unspecified atom stereocenters.